The lowest BCUT2D eigenvalue weighted by Crippen LogP contribution is -2.64. The molecule has 1 saturated heterocycles. The molecule has 1 aliphatic heterocycles. The molecule has 0 aromatic carbocycles. The maximum Gasteiger partial charge on any atom is 0.346 e. The fourth-order valence-electron chi connectivity index (χ4n) is 1.29. The Labute approximate surface area is 75.1 Å². The molecule has 1 heterocycles. The summed E-state index contributed by atoms with van der Waals surface area (Å²) in [7, 11) is 0. The second kappa shape index (κ2) is 3.22. The molecule has 1 aliphatic rings. The lowest BCUT2D eigenvalue weighted by molar-refractivity contribution is -0.394. The molecule has 0 amide bonds. The number of aliphatic hydroxyl groups is 2. The largest absolute Gasteiger partial charge is 0.480 e. The zero-order chi connectivity index (χ0) is 10.2. The zero-order valence-corrected chi connectivity index (χ0v) is 7.39. The predicted octanol–water partition coefficient (Wildman–Crippen LogP) is -1.32. The Balaban J connectivity index is 2.78. The van der Waals surface area contributed by atoms with Crippen LogP contribution in [-0.4, -0.2) is 39.5 Å². The molecular formula is C7H13NO5. The zero-order valence-electron chi connectivity index (χ0n) is 7.39. The summed E-state index contributed by atoms with van der Waals surface area (Å²) in [6.07, 6.45) is -3.08. The number of hydrogen-bond donors (Lipinski definition) is 4. The van der Waals surface area contributed by atoms with Crippen molar-refractivity contribution >= 4 is 5.97 Å². The van der Waals surface area contributed by atoms with Gasteiger partial charge in [-0.3, -0.25) is 4.79 Å². The van der Waals surface area contributed by atoms with Crippen LogP contribution < -0.4 is 5.32 Å². The molecule has 4 N–H and O–H groups in total. The molecule has 1 fully saturated rings. The summed E-state index contributed by atoms with van der Waals surface area (Å²) >= 11 is 0. The van der Waals surface area contributed by atoms with Crippen LogP contribution in [0.1, 0.15) is 13.8 Å². The third-order valence-electron chi connectivity index (χ3n) is 2.23. The van der Waals surface area contributed by atoms with Crippen molar-refractivity contribution in [2.45, 2.75) is 32.1 Å². The van der Waals surface area contributed by atoms with Gasteiger partial charge in [-0.05, 0) is 6.92 Å². The van der Waals surface area contributed by atoms with Crippen molar-refractivity contribution in [2.24, 2.45) is 5.92 Å². The standard InChI is InChI=1S/C7H13NO5/c1-3-4(2)13-7(11,12)8-5(3)6(9)10/h3-5,8,11-12H,1-2H3,(H,9,10). The minimum Gasteiger partial charge on any atom is -0.480 e. The second-order valence-corrected chi connectivity index (χ2v) is 3.25. The molecule has 0 radical (unpaired) electrons. The topological polar surface area (TPSA) is 99.0 Å². The van der Waals surface area contributed by atoms with Gasteiger partial charge < -0.3 is 20.1 Å². The molecule has 6 heteroatoms. The van der Waals surface area contributed by atoms with E-state index in [-0.39, 0.29) is 5.92 Å². The van der Waals surface area contributed by atoms with Gasteiger partial charge in [0.1, 0.15) is 6.04 Å². The third kappa shape index (κ3) is 2.16. The van der Waals surface area contributed by atoms with Crippen LogP contribution in [0.4, 0.5) is 0 Å². The van der Waals surface area contributed by atoms with Crippen LogP contribution in [0.2, 0.25) is 0 Å². The SMILES string of the molecule is CC1OC(O)(O)NC(C(=O)O)C1C. The van der Waals surface area contributed by atoms with Crippen LogP contribution >= 0.6 is 0 Å². The van der Waals surface area contributed by atoms with Crippen molar-refractivity contribution in [1.82, 2.24) is 5.32 Å². The fraction of sp³-hybridized carbons (Fsp3) is 0.857. The quantitative estimate of drug-likeness (QED) is 0.384. The molecule has 0 aromatic rings. The Morgan fingerprint density at radius 3 is 2.46 bits per heavy atom. The molecule has 0 saturated carbocycles. The Morgan fingerprint density at radius 2 is 2.00 bits per heavy atom. The number of ether oxygens (including phenoxy) is 1. The van der Waals surface area contributed by atoms with Crippen molar-refractivity contribution in [3.05, 3.63) is 0 Å². The van der Waals surface area contributed by atoms with E-state index in [2.05, 4.69) is 5.32 Å². The highest BCUT2D eigenvalue weighted by atomic mass is 16.8. The van der Waals surface area contributed by atoms with Gasteiger partial charge in [0, 0.05) is 5.92 Å². The first-order chi connectivity index (χ1) is 5.83. The minimum atomic E-state index is -2.55. The Morgan fingerprint density at radius 1 is 1.46 bits per heavy atom. The summed E-state index contributed by atoms with van der Waals surface area (Å²) < 4.78 is 4.70. The molecule has 1 rings (SSSR count). The number of carboxylic acid groups (broad SMARTS) is 1. The van der Waals surface area contributed by atoms with Crippen LogP contribution in [0.25, 0.3) is 0 Å². The van der Waals surface area contributed by atoms with Gasteiger partial charge in [0.05, 0.1) is 6.10 Å². The average Bonchev–Trinajstić information content (AvgIpc) is 1.95. The van der Waals surface area contributed by atoms with Gasteiger partial charge in [0.15, 0.2) is 0 Å². The molecule has 0 bridgehead atoms. The lowest BCUT2D eigenvalue weighted by Gasteiger charge is -2.39. The highest BCUT2D eigenvalue weighted by Gasteiger charge is 2.44. The van der Waals surface area contributed by atoms with E-state index < -0.39 is 24.2 Å². The monoisotopic (exact) mass is 191 g/mol. The maximum absolute atomic E-state index is 10.7. The molecule has 0 aliphatic carbocycles. The van der Waals surface area contributed by atoms with Crippen LogP contribution in [0.15, 0.2) is 0 Å². The summed E-state index contributed by atoms with van der Waals surface area (Å²) in [5, 5.41) is 28.9. The molecule has 6 nitrogen and oxygen atoms in total. The second-order valence-electron chi connectivity index (χ2n) is 3.25. The van der Waals surface area contributed by atoms with Gasteiger partial charge in [-0.1, -0.05) is 6.92 Å². The summed E-state index contributed by atoms with van der Waals surface area (Å²) in [4.78, 5) is 10.7. The molecule has 13 heavy (non-hydrogen) atoms. The first kappa shape index (κ1) is 10.4. The number of hydrogen-bond acceptors (Lipinski definition) is 5. The van der Waals surface area contributed by atoms with E-state index >= 15 is 0 Å². The molecular weight excluding hydrogens is 178 g/mol. The number of carboxylic acids is 1. The van der Waals surface area contributed by atoms with Crippen molar-refractivity contribution in [3.8, 4) is 0 Å². The Kier molecular flexibility index (Phi) is 2.58. The van der Waals surface area contributed by atoms with Crippen molar-refractivity contribution < 1.29 is 24.9 Å². The van der Waals surface area contributed by atoms with Crippen LogP contribution in [0.3, 0.4) is 0 Å². The van der Waals surface area contributed by atoms with E-state index in [1.807, 2.05) is 0 Å². The molecule has 0 aromatic heterocycles. The molecule has 3 atom stereocenters. The first-order valence-corrected chi connectivity index (χ1v) is 3.96. The minimum absolute atomic E-state index is 0.329. The number of aliphatic carboxylic acids is 1. The van der Waals surface area contributed by atoms with Gasteiger partial charge in [0.25, 0.3) is 0 Å². The highest BCUT2D eigenvalue weighted by Crippen LogP contribution is 2.22. The third-order valence-corrected chi connectivity index (χ3v) is 2.23. The molecule has 0 spiro atoms. The summed E-state index contributed by atoms with van der Waals surface area (Å²) in [5.74, 6) is -1.46. The van der Waals surface area contributed by atoms with Crippen LogP contribution in [0.5, 0.6) is 0 Å². The Hall–Kier alpha value is -0.690. The van der Waals surface area contributed by atoms with E-state index in [0.717, 1.165) is 0 Å². The van der Waals surface area contributed by atoms with E-state index in [0.29, 0.717) is 0 Å². The van der Waals surface area contributed by atoms with Gasteiger partial charge >= 0.3 is 12.1 Å². The summed E-state index contributed by atoms with van der Waals surface area (Å²) in [6, 6.07) is -1.02. The highest BCUT2D eigenvalue weighted by molar-refractivity contribution is 5.74. The predicted molar refractivity (Wildman–Crippen MR) is 41.4 cm³/mol. The van der Waals surface area contributed by atoms with Gasteiger partial charge in [-0.15, -0.1) is 0 Å². The van der Waals surface area contributed by atoms with Gasteiger partial charge in [-0.2, -0.15) is 0 Å². The average molecular weight is 191 g/mol. The van der Waals surface area contributed by atoms with E-state index in [9.17, 15) is 4.79 Å². The summed E-state index contributed by atoms with van der Waals surface area (Å²) in [6.45, 7) is 3.24. The van der Waals surface area contributed by atoms with Gasteiger partial charge in [0.2, 0.25) is 0 Å². The Bertz CT molecular complexity index is 217. The van der Waals surface area contributed by atoms with Crippen molar-refractivity contribution in [3.63, 3.8) is 0 Å². The fourth-order valence-corrected chi connectivity index (χ4v) is 1.29. The number of rotatable bonds is 1. The maximum atomic E-state index is 10.7. The normalized spacial score (nSPS) is 38.6. The smallest absolute Gasteiger partial charge is 0.346 e. The van der Waals surface area contributed by atoms with E-state index in [4.69, 9.17) is 20.1 Å². The lowest BCUT2D eigenvalue weighted by atomic mass is 9.95. The van der Waals surface area contributed by atoms with Gasteiger partial charge in [-0.25, -0.2) is 5.32 Å². The summed E-state index contributed by atoms with van der Waals surface area (Å²) in [5.41, 5.74) is 0. The first-order valence-electron chi connectivity index (χ1n) is 3.96. The number of nitrogens with one attached hydrogen (secondary N) is 1. The molecule has 76 valence electrons. The van der Waals surface area contributed by atoms with Crippen molar-refractivity contribution in [2.75, 3.05) is 0 Å². The van der Waals surface area contributed by atoms with E-state index in [1.54, 1.807) is 13.8 Å². The van der Waals surface area contributed by atoms with E-state index in [1.165, 1.54) is 0 Å². The van der Waals surface area contributed by atoms with Crippen LogP contribution in [-0.2, 0) is 9.53 Å². The van der Waals surface area contributed by atoms with Crippen LogP contribution in [0, 0.1) is 5.92 Å². The number of carbonyl (C=O) groups is 1. The van der Waals surface area contributed by atoms with Crippen molar-refractivity contribution in [1.29, 1.82) is 0 Å². The molecule has 3 unspecified atom stereocenters.